The van der Waals surface area contributed by atoms with E-state index < -0.39 is 11.4 Å². The number of aliphatic hydroxyl groups excluding tert-OH is 1. The van der Waals surface area contributed by atoms with Crippen molar-refractivity contribution < 1.29 is 24.5 Å². The molecule has 5 nitrogen and oxygen atoms in total. The molecule has 1 aromatic carbocycles. The van der Waals surface area contributed by atoms with Gasteiger partial charge in [-0.25, -0.2) is 4.79 Å². The molecule has 0 atom stereocenters. The molecule has 0 unspecified atom stereocenters. The molecule has 5 heteroatoms. The number of carbonyl (C=O) groups is 1. The van der Waals surface area contributed by atoms with Crippen LogP contribution in [0, 0.1) is 0 Å². The van der Waals surface area contributed by atoms with Gasteiger partial charge in [-0.1, -0.05) is 13.8 Å². The van der Waals surface area contributed by atoms with Gasteiger partial charge in [0.2, 0.25) is 0 Å². The van der Waals surface area contributed by atoms with Crippen LogP contribution in [0.3, 0.4) is 0 Å². The van der Waals surface area contributed by atoms with Crippen LogP contribution in [0.25, 0.3) is 0 Å². The number of aliphatic hydroxyl groups is 1. The van der Waals surface area contributed by atoms with Crippen LogP contribution in [0.5, 0.6) is 11.5 Å². The van der Waals surface area contributed by atoms with E-state index in [1.54, 1.807) is 6.07 Å². The van der Waals surface area contributed by atoms with Gasteiger partial charge in [-0.15, -0.1) is 0 Å². The molecule has 1 aromatic rings. The van der Waals surface area contributed by atoms with Crippen LogP contribution in [-0.2, 0) is 5.41 Å². The normalized spacial score (nSPS) is 11.2. The SMILES string of the molecule is COc1cc(C(C)(C)CO)cc(C(=O)O)c1OC. The van der Waals surface area contributed by atoms with E-state index in [1.807, 2.05) is 13.8 Å². The van der Waals surface area contributed by atoms with Crippen molar-refractivity contribution in [1.29, 1.82) is 0 Å². The molecule has 0 amide bonds. The summed E-state index contributed by atoms with van der Waals surface area (Å²) in [5.41, 5.74) is 0.150. The Morgan fingerprint density at radius 2 is 1.89 bits per heavy atom. The van der Waals surface area contributed by atoms with Crippen molar-refractivity contribution in [3.05, 3.63) is 23.3 Å². The van der Waals surface area contributed by atoms with E-state index in [-0.39, 0.29) is 17.9 Å². The molecular weight excluding hydrogens is 236 g/mol. The second-order valence-corrected chi connectivity index (χ2v) is 4.61. The maximum absolute atomic E-state index is 11.2. The fourth-order valence-electron chi connectivity index (χ4n) is 1.61. The first-order chi connectivity index (χ1) is 8.37. The zero-order valence-corrected chi connectivity index (χ0v) is 11.0. The third-order valence-electron chi connectivity index (χ3n) is 2.89. The summed E-state index contributed by atoms with van der Waals surface area (Å²) in [7, 11) is 2.83. The molecule has 18 heavy (non-hydrogen) atoms. The lowest BCUT2D eigenvalue weighted by Gasteiger charge is -2.24. The monoisotopic (exact) mass is 254 g/mol. The van der Waals surface area contributed by atoms with Crippen molar-refractivity contribution in [3.8, 4) is 11.5 Å². The number of hydrogen-bond acceptors (Lipinski definition) is 4. The lowest BCUT2D eigenvalue weighted by atomic mass is 9.84. The number of carboxylic acids is 1. The first-order valence-corrected chi connectivity index (χ1v) is 5.48. The molecule has 0 spiro atoms. The van der Waals surface area contributed by atoms with Gasteiger partial charge in [0.1, 0.15) is 5.56 Å². The minimum absolute atomic E-state index is 0.0216. The highest BCUT2D eigenvalue weighted by molar-refractivity contribution is 5.92. The number of rotatable bonds is 5. The van der Waals surface area contributed by atoms with Crippen LogP contribution in [0.1, 0.15) is 29.8 Å². The molecule has 0 aliphatic carbocycles. The van der Waals surface area contributed by atoms with Gasteiger partial charge in [0.05, 0.1) is 20.8 Å². The van der Waals surface area contributed by atoms with Crippen LogP contribution < -0.4 is 9.47 Å². The Hall–Kier alpha value is -1.75. The zero-order valence-electron chi connectivity index (χ0n) is 11.0. The fourth-order valence-corrected chi connectivity index (χ4v) is 1.61. The minimum Gasteiger partial charge on any atom is -0.493 e. The first-order valence-electron chi connectivity index (χ1n) is 5.48. The molecule has 0 heterocycles. The molecule has 1 rings (SSSR count). The Bertz CT molecular complexity index is 451. The second-order valence-electron chi connectivity index (χ2n) is 4.61. The van der Waals surface area contributed by atoms with E-state index in [1.165, 1.54) is 20.3 Å². The fraction of sp³-hybridized carbons (Fsp3) is 0.462. The van der Waals surface area contributed by atoms with Crippen LogP contribution in [0.4, 0.5) is 0 Å². The number of benzene rings is 1. The molecule has 100 valence electrons. The summed E-state index contributed by atoms with van der Waals surface area (Å²) in [4.78, 5) is 11.2. The number of hydrogen-bond donors (Lipinski definition) is 2. The van der Waals surface area contributed by atoms with E-state index in [4.69, 9.17) is 9.47 Å². The molecule has 2 N–H and O–H groups in total. The number of aromatic carboxylic acids is 1. The summed E-state index contributed by atoms with van der Waals surface area (Å²) < 4.78 is 10.2. The Morgan fingerprint density at radius 1 is 1.28 bits per heavy atom. The Morgan fingerprint density at radius 3 is 2.28 bits per heavy atom. The van der Waals surface area contributed by atoms with Gasteiger partial charge in [0.25, 0.3) is 0 Å². The number of methoxy groups -OCH3 is 2. The molecule has 0 saturated carbocycles. The van der Waals surface area contributed by atoms with Crippen molar-refractivity contribution in [2.24, 2.45) is 0 Å². The zero-order chi connectivity index (χ0) is 13.9. The second kappa shape index (κ2) is 5.27. The van der Waals surface area contributed by atoms with E-state index in [2.05, 4.69) is 0 Å². The van der Waals surface area contributed by atoms with Gasteiger partial charge in [0.15, 0.2) is 11.5 Å². The topological polar surface area (TPSA) is 76.0 Å². The molecule has 0 fully saturated rings. The maximum Gasteiger partial charge on any atom is 0.339 e. The van der Waals surface area contributed by atoms with Crippen LogP contribution in [0.2, 0.25) is 0 Å². The van der Waals surface area contributed by atoms with Crippen molar-refractivity contribution >= 4 is 5.97 Å². The first kappa shape index (κ1) is 14.3. The predicted octanol–water partition coefficient (Wildman–Crippen LogP) is 1.67. The van der Waals surface area contributed by atoms with Crippen molar-refractivity contribution in [2.45, 2.75) is 19.3 Å². The summed E-state index contributed by atoms with van der Waals surface area (Å²) in [6.45, 7) is 3.54. The molecule has 0 bridgehead atoms. The Balaban J connectivity index is 3.51. The summed E-state index contributed by atoms with van der Waals surface area (Å²) in [6, 6.07) is 3.18. The van der Waals surface area contributed by atoms with Crippen molar-refractivity contribution in [3.63, 3.8) is 0 Å². The highest BCUT2D eigenvalue weighted by Crippen LogP contribution is 2.36. The third kappa shape index (κ3) is 2.56. The summed E-state index contributed by atoms with van der Waals surface area (Å²) in [5.74, 6) is -0.572. The van der Waals surface area contributed by atoms with Gasteiger partial charge < -0.3 is 19.7 Å². The largest absolute Gasteiger partial charge is 0.493 e. The van der Waals surface area contributed by atoms with Crippen molar-refractivity contribution in [2.75, 3.05) is 20.8 Å². The molecule has 0 aliphatic heterocycles. The molecule has 0 aliphatic rings. The third-order valence-corrected chi connectivity index (χ3v) is 2.89. The van der Waals surface area contributed by atoms with E-state index in [0.717, 1.165) is 0 Å². The highest BCUT2D eigenvalue weighted by atomic mass is 16.5. The van der Waals surface area contributed by atoms with Gasteiger partial charge in [0, 0.05) is 5.41 Å². The van der Waals surface area contributed by atoms with Crippen LogP contribution in [0.15, 0.2) is 12.1 Å². The van der Waals surface area contributed by atoms with Crippen molar-refractivity contribution in [1.82, 2.24) is 0 Å². The van der Waals surface area contributed by atoms with Gasteiger partial charge in [-0.2, -0.15) is 0 Å². The Labute approximate surface area is 106 Å². The molecule has 0 radical (unpaired) electrons. The van der Waals surface area contributed by atoms with Gasteiger partial charge >= 0.3 is 5.97 Å². The number of ether oxygens (including phenoxy) is 2. The van der Waals surface area contributed by atoms with E-state index >= 15 is 0 Å². The van der Waals surface area contributed by atoms with Crippen LogP contribution >= 0.6 is 0 Å². The van der Waals surface area contributed by atoms with E-state index in [9.17, 15) is 15.0 Å². The number of carboxylic acid groups (broad SMARTS) is 1. The van der Waals surface area contributed by atoms with Gasteiger partial charge in [-0.3, -0.25) is 0 Å². The summed E-state index contributed by atoms with van der Waals surface area (Å²) in [6.07, 6.45) is 0. The Kier molecular flexibility index (Phi) is 4.19. The highest BCUT2D eigenvalue weighted by Gasteiger charge is 2.25. The lowest BCUT2D eigenvalue weighted by Crippen LogP contribution is -2.23. The molecular formula is C13H18O5. The maximum atomic E-state index is 11.2. The summed E-state index contributed by atoms with van der Waals surface area (Å²) in [5, 5.41) is 18.5. The van der Waals surface area contributed by atoms with E-state index in [0.29, 0.717) is 11.3 Å². The average Bonchev–Trinajstić information content (AvgIpc) is 2.36. The standard InChI is InChI=1S/C13H18O5/c1-13(2,7-14)8-5-9(12(15)16)11(18-4)10(6-8)17-3/h5-6,14H,7H2,1-4H3,(H,15,16). The predicted molar refractivity (Wildman–Crippen MR) is 66.6 cm³/mol. The van der Waals surface area contributed by atoms with Gasteiger partial charge in [-0.05, 0) is 17.7 Å². The average molecular weight is 254 g/mol. The molecule has 0 aromatic heterocycles. The van der Waals surface area contributed by atoms with Crippen LogP contribution in [-0.4, -0.2) is 37.0 Å². The minimum atomic E-state index is -1.10. The summed E-state index contributed by atoms with van der Waals surface area (Å²) >= 11 is 0. The smallest absolute Gasteiger partial charge is 0.339 e. The lowest BCUT2D eigenvalue weighted by molar-refractivity contribution is 0.0692. The quantitative estimate of drug-likeness (QED) is 0.836. The molecule has 0 saturated heterocycles.